The van der Waals surface area contributed by atoms with E-state index in [9.17, 15) is 19.2 Å². The minimum Gasteiger partial charge on any atom is -0.463 e. The molecule has 0 bridgehead atoms. The summed E-state index contributed by atoms with van der Waals surface area (Å²) in [5.41, 5.74) is 0.490. The van der Waals surface area contributed by atoms with Gasteiger partial charge >= 0.3 is 11.9 Å². The number of carbonyl (C=O) groups is 4. The summed E-state index contributed by atoms with van der Waals surface area (Å²) in [7, 11) is 0. The van der Waals surface area contributed by atoms with Crippen LogP contribution >= 0.6 is 0 Å². The number of aryl methyl sites for hydroxylation is 1. The summed E-state index contributed by atoms with van der Waals surface area (Å²) in [5, 5.41) is 0. The molecule has 0 saturated carbocycles. The van der Waals surface area contributed by atoms with Crippen LogP contribution in [0.15, 0.2) is 18.2 Å². The maximum Gasteiger partial charge on any atom is 0.343 e. The molecule has 0 heterocycles. The van der Waals surface area contributed by atoms with Crippen molar-refractivity contribution in [2.45, 2.75) is 98.2 Å². The Labute approximate surface area is 221 Å². The lowest BCUT2D eigenvalue weighted by Crippen LogP contribution is -2.39. The molecule has 0 fully saturated rings. The molecule has 1 aromatic rings. The molecule has 0 aliphatic rings. The predicted molar refractivity (Wildman–Crippen MR) is 141 cm³/mol. The number of esters is 2. The number of carbonyl (C=O) groups excluding carboxylic acids is 4. The smallest absolute Gasteiger partial charge is 0.343 e. The summed E-state index contributed by atoms with van der Waals surface area (Å²) in [4.78, 5) is 52.9. The van der Waals surface area contributed by atoms with Crippen LogP contribution in [0.1, 0.15) is 105 Å². The largest absolute Gasteiger partial charge is 0.463 e. The molecule has 0 amide bonds. The standard InChI is InChI=1S/C29H44O8/c1-6-10-17-34-26(28(32)36-19-12-8-3)24(30)22-16-14-15-21(5)23(22)25(31)27(35-18-11-7-2)29(33)37-20-13-9-4/h14-16,26-27H,6-13,17-20H2,1-5H3. The zero-order valence-electron chi connectivity index (χ0n) is 23.1. The van der Waals surface area contributed by atoms with Gasteiger partial charge in [-0.2, -0.15) is 0 Å². The molecule has 8 nitrogen and oxygen atoms in total. The van der Waals surface area contributed by atoms with E-state index in [4.69, 9.17) is 18.9 Å². The molecular weight excluding hydrogens is 476 g/mol. The van der Waals surface area contributed by atoms with Gasteiger partial charge in [-0.3, -0.25) is 9.59 Å². The molecule has 0 aromatic heterocycles. The summed E-state index contributed by atoms with van der Waals surface area (Å²) in [6, 6.07) is 4.75. The number of ether oxygens (including phenoxy) is 4. The number of benzene rings is 1. The Morgan fingerprint density at radius 1 is 0.649 bits per heavy atom. The molecule has 2 atom stereocenters. The van der Waals surface area contributed by atoms with Crippen molar-refractivity contribution in [1.29, 1.82) is 0 Å². The fraction of sp³-hybridized carbons (Fsp3) is 0.655. The van der Waals surface area contributed by atoms with Gasteiger partial charge < -0.3 is 18.9 Å². The minimum atomic E-state index is -1.51. The van der Waals surface area contributed by atoms with Gasteiger partial charge in [-0.1, -0.05) is 71.6 Å². The zero-order valence-corrected chi connectivity index (χ0v) is 23.1. The van der Waals surface area contributed by atoms with Crippen LogP contribution in [0, 0.1) is 6.92 Å². The molecule has 0 spiro atoms. The molecular formula is C29H44O8. The molecule has 0 saturated heterocycles. The number of Topliss-reactive ketones (excluding diaryl/α,β-unsaturated/α-hetero) is 2. The number of hydrogen-bond donors (Lipinski definition) is 0. The van der Waals surface area contributed by atoms with Crippen molar-refractivity contribution in [2.24, 2.45) is 0 Å². The Morgan fingerprint density at radius 2 is 1.08 bits per heavy atom. The van der Waals surface area contributed by atoms with Crippen molar-refractivity contribution >= 4 is 23.5 Å². The van der Waals surface area contributed by atoms with Crippen LogP contribution in [-0.2, 0) is 28.5 Å². The van der Waals surface area contributed by atoms with Gasteiger partial charge in [-0.15, -0.1) is 0 Å². The molecule has 0 aliphatic carbocycles. The van der Waals surface area contributed by atoms with Crippen LogP contribution in [0.5, 0.6) is 0 Å². The number of unbranched alkanes of at least 4 members (excludes halogenated alkanes) is 4. The van der Waals surface area contributed by atoms with Crippen LogP contribution in [0.2, 0.25) is 0 Å². The van der Waals surface area contributed by atoms with E-state index in [1.807, 2.05) is 27.7 Å². The minimum absolute atomic E-state index is 0.00982. The predicted octanol–water partition coefficient (Wildman–Crippen LogP) is 5.42. The Kier molecular flexibility index (Phi) is 16.3. The third-order valence-corrected chi connectivity index (χ3v) is 5.74. The lowest BCUT2D eigenvalue weighted by atomic mass is 9.91. The Morgan fingerprint density at radius 3 is 1.54 bits per heavy atom. The van der Waals surface area contributed by atoms with E-state index in [1.165, 1.54) is 6.07 Å². The monoisotopic (exact) mass is 520 g/mol. The quantitative estimate of drug-likeness (QED) is 0.0972. The lowest BCUT2D eigenvalue weighted by molar-refractivity contribution is -0.155. The summed E-state index contributed by atoms with van der Waals surface area (Å²) < 4.78 is 21.9. The second kappa shape index (κ2) is 18.6. The van der Waals surface area contributed by atoms with Crippen molar-refractivity contribution in [3.05, 3.63) is 34.9 Å². The molecule has 0 radical (unpaired) electrons. The fourth-order valence-corrected chi connectivity index (χ4v) is 3.45. The van der Waals surface area contributed by atoms with E-state index >= 15 is 0 Å². The molecule has 8 heteroatoms. The van der Waals surface area contributed by atoms with Gasteiger partial charge in [0.05, 0.1) is 13.2 Å². The Hall–Kier alpha value is -2.58. The normalized spacial score (nSPS) is 12.6. The first-order chi connectivity index (χ1) is 17.8. The van der Waals surface area contributed by atoms with Gasteiger partial charge in [0.25, 0.3) is 0 Å². The topological polar surface area (TPSA) is 105 Å². The summed E-state index contributed by atoms with van der Waals surface area (Å²) in [5.74, 6) is -2.93. The van der Waals surface area contributed by atoms with Crippen molar-refractivity contribution in [2.75, 3.05) is 26.4 Å². The number of ketones is 2. The highest BCUT2D eigenvalue weighted by Crippen LogP contribution is 2.22. The highest BCUT2D eigenvalue weighted by molar-refractivity contribution is 6.20. The second-order valence-electron chi connectivity index (χ2n) is 8.98. The number of rotatable bonds is 20. The third kappa shape index (κ3) is 10.7. The van der Waals surface area contributed by atoms with Crippen molar-refractivity contribution in [1.82, 2.24) is 0 Å². The molecule has 1 rings (SSSR count). The van der Waals surface area contributed by atoms with Gasteiger partial charge in [-0.25, -0.2) is 9.59 Å². The first kappa shape index (κ1) is 32.4. The van der Waals surface area contributed by atoms with Gasteiger partial charge in [0.2, 0.25) is 23.8 Å². The van der Waals surface area contributed by atoms with Crippen molar-refractivity contribution < 1.29 is 38.1 Å². The Balaban J connectivity index is 3.36. The molecule has 2 unspecified atom stereocenters. The summed E-state index contributed by atoms with van der Waals surface area (Å²) in [6.45, 7) is 10.3. The Bertz CT molecular complexity index is 863. The van der Waals surface area contributed by atoms with Crippen LogP contribution in [0.4, 0.5) is 0 Å². The summed E-state index contributed by atoms with van der Waals surface area (Å²) >= 11 is 0. The number of hydrogen-bond acceptors (Lipinski definition) is 8. The van der Waals surface area contributed by atoms with Gasteiger partial charge in [-0.05, 0) is 38.2 Å². The first-order valence-corrected chi connectivity index (χ1v) is 13.6. The van der Waals surface area contributed by atoms with Gasteiger partial charge in [0.1, 0.15) is 0 Å². The average molecular weight is 521 g/mol. The molecule has 0 aliphatic heterocycles. The van der Waals surface area contributed by atoms with Gasteiger partial charge in [0, 0.05) is 24.3 Å². The van der Waals surface area contributed by atoms with Crippen LogP contribution in [-0.4, -0.2) is 62.1 Å². The van der Waals surface area contributed by atoms with E-state index in [0.29, 0.717) is 31.2 Å². The van der Waals surface area contributed by atoms with Crippen LogP contribution in [0.25, 0.3) is 0 Å². The fourth-order valence-electron chi connectivity index (χ4n) is 3.45. The molecule has 1 aromatic carbocycles. The summed E-state index contributed by atoms with van der Waals surface area (Å²) in [6.07, 6.45) is 2.90. The van der Waals surface area contributed by atoms with E-state index < -0.39 is 35.7 Å². The maximum atomic E-state index is 13.7. The van der Waals surface area contributed by atoms with Crippen molar-refractivity contribution in [3.63, 3.8) is 0 Å². The molecule has 37 heavy (non-hydrogen) atoms. The van der Waals surface area contributed by atoms with Gasteiger partial charge in [0.15, 0.2) is 0 Å². The average Bonchev–Trinajstić information content (AvgIpc) is 2.88. The molecule has 208 valence electrons. The van der Waals surface area contributed by atoms with E-state index in [1.54, 1.807) is 19.1 Å². The maximum absolute atomic E-state index is 13.7. The third-order valence-electron chi connectivity index (χ3n) is 5.74. The molecule has 0 N–H and O–H groups in total. The van der Waals surface area contributed by atoms with Crippen LogP contribution < -0.4 is 0 Å². The zero-order chi connectivity index (χ0) is 27.6. The first-order valence-electron chi connectivity index (χ1n) is 13.6. The van der Waals surface area contributed by atoms with E-state index in [0.717, 1.165) is 25.7 Å². The van der Waals surface area contributed by atoms with Crippen molar-refractivity contribution in [3.8, 4) is 0 Å². The lowest BCUT2D eigenvalue weighted by Gasteiger charge is -2.21. The van der Waals surface area contributed by atoms with E-state index in [-0.39, 0.29) is 37.6 Å². The van der Waals surface area contributed by atoms with E-state index in [2.05, 4.69) is 0 Å². The van der Waals surface area contributed by atoms with Crippen LogP contribution in [0.3, 0.4) is 0 Å². The second-order valence-corrected chi connectivity index (χ2v) is 8.98. The SMILES string of the molecule is CCCCOC(=O)C(OCCCC)C(=O)c1cccc(C)c1C(=O)C(OCCCC)C(=O)OCCCC. The highest BCUT2D eigenvalue weighted by Gasteiger charge is 2.37. The highest BCUT2D eigenvalue weighted by atomic mass is 16.6.